The molecule has 2 aliphatic carbocycles. The van der Waals surface area contributed by atoms with Gasteiger partial charge in [0.15, 0.2) is 5.03 Å². The number of piperazine rings is 1. The van der Waals surface area contributed by atoms with Crippen LogP contribution in [0.5, 0.6) is 5.75 Å². The van der Waals surface area contributed by atoms with Crippen LogP contribution in [0, 0.1) is 23.0 Å². The zero-order valence-electron chi connectivity index (χ0n) is 28.1. The predicted octanol–water partition coefficient (Wildman–Crippen LogP) is 3.96. The van der Waals surface area contributed by atoms with E-state index in [2.05, 4.69) is 12.2 Å². The van der Waals surface area contributed by atoms with Crippen molar-refractivity contribution in [3.8, 4) is 5.75 Å². The quantitative estimate of drug-likeness (QED) is 0.290. The number of sulfonamides is 1. The van der Waals surface area contributed by atoms with E-state index in [0.717, 1.165) is 26.9 Å². The molecular weight excluding hydrogens is 670 g/mol. The Morgan fingerprint density at radius 3 is 2.42 bits per heavy atom. The van der Waals surface area contributed by atoms with Gasteiger partial charge in [-0.15, -0.1) is 0 Å². The monoisotopic (exact) mass is 707 g/mol. The first kappa shape index (κ1) is 33.7. The molecule has 2 N–H and O–H groups in total. The minimum Gasteiger partial charge on any atom is -0.454 e. The van der Waals surface area contributed by atoms with Crippen LogP contribution < -0.4 is 10.1 Å². The van der Waals surface area contributed by atoms with Gasteiger partial charge in [0, 0.05) is 49.6 Å². The summed E-state index contributed by atoms with van der Waals surface area (Å²) in [5.41, 5.74) is -2.97. The number of rotatable bonds is 5. The van der Waals surface area contributed by atoms with Gasteiger partial charge in [-0.3, -0.25) is 19.5 Å². The van der Waals surface area contributed by atoms with E-state index in [9.17, 15) is 38.0 Å². The summed E-state index contributed by atoms with van der Waals surface area (Å²) in [7, 11) is -4.34. The number of nitrogens with one attached hydrogen (secondary N) is 1. The number of nitrogens with zero attached hydrogens (tertiary/aromatic N) is 4. The van der Waals surface area contributed by atoms with Gasteiger partial charge >= 0.3 is 12.1 Å². The molecule has 2 aliphatic heterocycles. The van der Waals surface area contributed by atoms with Crippen molar-refractivity contribution in [2.45, 2.75) is 68.9 Å². The lowest BCUT2D eigenvalue weighted by Crippen LogP contribution is -2.61. The fourth-order valence-electron chi connectivity index (χ4n) is 7.25. The molecule has 0 spiro atoms. The van der Waals surface area contributed by atoms with Crippen LogP contribution in [-0.4, -0.2) is 81.9 Å². The predicted molar refractivity (Wildman–Crippen MR) is 176 cm³/mol. The lowest BCUT2D eigenvalue weighted by molar-refractivity contribution is -0.388. The summed E-state index contributed by atoms with van der Waals surface area (Å²) in [5, 5.41) is 26.7. The van der Waals surface area contributed by atoms with Crippen molar-refractivity contribution in [2.24, 2.45) is 5.92 Å². The summed E-state index contributed by atoms with van der Waals surface area (Å²) in [4.78, 5) is 54.2. The van der Waals surface area contributed by atoms with Crippen LogP contribution in [0.2, 0.25) is 0 Å². The molecule has 15 nitrogen and oxygen atoms in total. The number of fused-ring (bicyclic) bond motifs is 5. The second kappa shape index (κ2) is 11.1. The van der Waals surface area contributed by atoms with Gasteiger partial charge in [-0.05, 0) is 69.2 Å². The molecule has 4 unspecified atom stereocenters. The van der Waals surface area contributed by atoms with Crippen LogP contribution in [0.1, 0.15) is 72.6 Å². The number of carbonyl (C=O) groups is 3. The molecule has 2 fully saturated rings. The molecule has 0 bridgehead atoms. The molecule has 264 valence electrons. The maximum atomic E-state index is 14.4. The van der Waals surface area contributed by atoms with Gasteiger partial charge in [0.25, 0.3) is 21.5 Å². The summed E-state index contributed by atoms with van der Waals surface area (Å²) in [6.45, 7) is 8.83. The summed E-state index contributed by atoms with van der Waals surface area (Å²) < 4.78 is 41.5. The van der Waals surface area contributed by atoms with Gasteiger partial charge in [-0.2, -0.15) is 4.31 Å². The molecule has 1 saturated carbocycles. The molecule has 1 saturated heterocycles. The number of nitro groups is 1. The van der Waals surface area contributed by atoms with E-state index < -0.39 is 66.1 Å². The second-order valence-corrected chi connectivity index (χ2v) is 16.3. The Hall–Kier alpha value is -4.80. The van der Waals surface area contributed by atoms with Gasteiger partial charge in [0.1, 0.15) is 16.9 Å². The molecule has 1 aromatic heterocycles. The summed E-state index contributed by atoms with van der Waals surface area (Å²) >= 11 is 0. The number of aliphatic hydroxyl groups is 1. The number of benzene rings is 2. The third-order valence-electron chi connectivity index (χ3n) is 9.81. The van der Waals surface area contributed by atoms with Crippen LogP contribution in [0.25, 0.3) is 0 Å². The smallest absolute Gasteiger partial charge is 0.410 e. The number of aryl methyl sites for hydroxylation is 1. The molecule has 2 aromatic carbocycles. The first-order chi connectivity index (χ1) is 23.4. The third kappa shape index (κ3) is 4.99. The Kier molecular flexibility index (Phi) is 7.48. The number of hydrogen-bond donors (Lipinski definition) is 2. The number of ether oxygens (including phenoxy) is 2. The van der Waals surface area contributed by atoms with E-state index in [1.165, 1.54) is 29.3 Å². The van der Waals surface area contributed by atoms with Crippen molar-refractivity contribution in [1.29, 1.82) is 0 Å². The number of aromatic nitrogens is 1. The van der Waals surface area contributed by atoms with Gasteiger partial charge in [-0.25, -0.2) is 18.0 Å². The van der Waals surface area contributed by atoms with Gasteiger partial charge in [0.05, 0.1) is 4.92 Å². The Morgan fingerprint density at radius 2 is 1.80 bits per heavy atom. The van der Waals surface area contributed by atoms with Crippen molar-refractivity contribution >= 4 is 33.6 Å². The zero-order valence-corrected chi connectivity index (χ0v) is 28.9. The fourth-order valence-corrected chi connectivity index (χ4v) is 8.88. The van der Waals surface area contributed by atoms with E-state index in [-0.39, 0.29) is 49.0 Å². The lowest BCUT2D eigenvalue weighted by Gasteiger charge is -2.35. The highest BCUT2D eigenvalue weighted by atomic mass is 32.2. The average molecular weight is 708 g/mol. The molecule has 7 rings (SSSR count). The molecule has 2 amide bonds. The molecular formula is C34H37N5O10S. The van der Waals surface area contributed by atoms with Crippen LogP contribution in [0.4, 0.5) is 15.3 Å². The topological polar surface area (TPSA) is 191 Å². The molecule has 50 heavy (non-hydrogen) atoms. The van der Waals surface area contributed by atoms with Gasteiger partial charge < -0.3 is 24.8 Å². The number of nitro benzene ring substituents is 1. The summed E-state index contributed by atoms with van der Waals surface area (Å²) in [6.07, 6.45) is 1.64. The molecule has 4 atom stereocenters. The highest BCUT2D eigenvalue weighted by molar-refractivity contribution is 7.89. The van der Waals surface area contributed by atoms with Gasteiger partial charge in [-0.1, -0.05) is 31.2 Å². The number of Topliss-reactive ketones (excluding diaryl/α,β-unsaturated/α-hetero) is 1. The molecule has 3 aromatic rings. The van der Waals surface area contributed by atoms with Crippen molar-refractivity contribution < 1.29 is 42.3 Å². The first-order valence-electron chi connectivity index (χ1n) is 16.3. The van der Waals surface area contributed by atoms with E-state index in [1.54, 1.807) is 45.9 Å². The van der Waals surface area contributed by atoms with E-state index in [0.29, 0.717) is 11.5 Å². The van der Waals surface area contributed by atoms with Crippen LogP contribution >= 0.6 is 0 Å². The first-order valence-corrected chi connectivity index (χ1v) is 17.7. The highest BCUT2D eigenvalue weighted by Gasteiger charge is 2.74. The van der Waals surface area contributed by atoms with Gasteiger partial charge in [0.2, 0.25) is 11.3 Å². The van der Waals surface area contributed by atoms with Crippen molar-refractivity contribution in [1.82, 2.24) is 19.1 Å². The summed E-state index contributed by atoms with van der Waals surface area (Å²) in [6, 6.07) is 8.95. The minimum atomic E-state index is -4.34. The lowest BCUT2D eigenvalue weighted by atomic mass is 9.82. The Morgan fingerprint density at radius 1 is 1.12 bits per heavy atom. The van der Waals surface area contributed by atoms with Crippen LogP contribution in [-0.2, 0) is 26.1 Å². The van der Waals surface area contributed by atoms with E-state index in [4.69, 9.17) is 9.47 Å². The maximum absolute atomic E-state index is 14.4. The largest absolute Gasteiger partial charge is 0.454 e. The van der Waals surface area contributed by atoms with E-state index in [1.807, 2.05) is 0 Å². The van der Waals surface area contributed by atoms with Crippen LogP contribution in [0.15, 0.2) is 53.7 Å². The maximum Gasteiger partial charge on any atom is 0.410 e. The van der Waals surface area contributed by atoms with Crippen molar-refractivity contribution in [3.63, 3.8) is 0 Å². The summed E-state index contributed by atoms with van der Waals surface area (Å²) in [5.74, 6) is -2.89. The standard InChI is InChI=1S/C34H37N5O10S/c1-19-15-27(50(46,47)37-13-11-36(12-14-37)31(42)49-32(3,4)5)38(18-19)30(41)35-33-24-10-9-21(23-16-20(23)2)17-26(24)48-34(33,43)28-22(29(33)40)7-6-8-25(28)39(44)45/h6-10,15,17-18,20,23,43H,11-14,16H2,1-5H3,(H,35,41). The van der Waals surface area contributed by atoms with Crippen molar-refractivity contribution in [2.75, 3.05) is 26.2 Å². The normalized spacial score (nSPS) is 25.7. The SMILES string of the molecule is Cc1cc(S(=O)(=O)N2CCN(C(=O)OC(C)(C)C)CC2)n(C(=O)NC23C(=O)c4cccc([N+](=O)[O-])c4C2(O)Oc2cc(C4CC4C)ccc23)c1. The third-order valence-corrected chi connectivity index (χ3v) is 11.7. The molecule has 4 aliphatic rings. The molecule has 16 heteroatoms. The molecule has 3 heterocycles. The minimum absolute atomic E-state index is 0.0530. The van der Waals surface area contributed by atoms with E-state index >= 15 is 0 Å². The Bertz CT molecular complexity index is 2100. The number of carbonyl (C=O) groups excluding carboxylic acids is 3. The Labute approximate surface area is 287 Å². The zero-order chi connectivity index (χ0) is 36.1. The van der Waals surface area contributed by atoms with Crippen molar-refractivity contribution in [3.05, 3.63) is 86.6 Å². The number of ketones is 1. The average Bonchev–Trinajstić information content (AvgIpc) is 3.48. The molecule has 0 radical (unpaired) electrons. The Balaban J connectivity index is 1.25. The van der Waals surface area contributed by atoms with Crippen LogP contribution in [0.3, 0.4) is 0 Å². The highest BCUT2D eigenvalue weighted by Crippen LogP contribution is 2.61. The number of amides is 2. The second-order valence-electron chi connectivity index (χ2n) is 14.4. The number of hydrogen-bond acceptors (Lipinski definition) is 10. The fraction of sp³-hybridized carbons (Fsp3) is 0.441.